The van der Waals surface area contributed by atoms with E-state index in [0.29, 0.717) is 5.76 Å². The van der Waals surface area contributed by atoms with Gasteiger partial charge in [0.1, 0.15) is 5.76 Å². The largest absolute Gasteiger partial charge is 0.475 e. The van der Waals surface area contributed by atoms with E-state index in [0.717, 1.165) is 12.8 Å². The number of aromatic carboxylic acids is 1. The van der Waals surface area contributed by atoms with E-state index in [9.17, 15) is 9.59 Å². The number of nitrogens with one attached hydrogen (secondary N) is 2. The summed E-state index contributed by atoms with van der Waals surface area (Å²) in [4.78, 5) is 22.0. The maximum Gasteiger partial charge on any atom is 0.371 e. The molecular formula is C11H14N2O4. The zero-order valence-corrected chi connectivity index (χ0v) is 9.45. The highest BCUT2D eigenvalue weighted by Gasteiger charge is 2.38. The molecule has 1 aromatic heterocycles. The Morgan fingerprint density at radius 1 is 1.47 bits per heavy atom. The average Bonchev–Trinajstić information content (AvgIpc) is 2.82. The number of carboxylic acids is 1. The van der Waals surface area contributed by atoms with Crippen LogP contribution in [0.3, 0.4) is 0 Å². The first-order chi connectivity index (χ1) is 7.98. The summed E-state index contributed by atoms with van der Waals surface area (Å²) in [6.07, 6.45) is 1.98. The van der Waals surface area contributed by atoms with E-state index in [1.807, 2.05) is 6.92 Å². The van der Waals surface area contributed by atoms with Crippen molar-refractivity contribution in [1.29, 1.82) is 0 Å². The van der Waals surface area contributed by atoms with Gasteiger partial charge in [0, 0.05) is 5.54 Å². The van der Waals surface area contributed by atoms with Crippen molar-refractivity contribution in [2.24, 2.45) is 0 Å². The van der Waals surface area contributed by atoms with Crippen LogP contribution >= 0.6 is 0 Å². The van der Waals surface area contributed by atoms with Gasteiger partial charge in [-0.15, -0.1) is 0 Å². The van der Waals surface area contributed by atoms with Crippen LogP contribution in [0.15, 0.2) is 16.5 Å². The lowest BCUT2D eigenvalue weighted by Gasteiger charge is -2.11. The number of carbonyl (C=O) groups excluding carboxylic acids is 1. The summed E-state index contributed by atoms with van der Waals surface area (Å²) in [7, 11) is 0. The van der Waals surface area contributed by atoms with E-state index in [1.165, 1.54) is 12.1 Å². The maximum absolute atomic E-state index is 11.4. The molecule has 0 saturated heterocycles. The van der Waals surface area contributed by atoms with E-state index in [2.05, 4.69) is 10.6 Å². The predicted molar refractivity (Wildman–Crippen MR) is 58.7 cm³/mol. The third-order valence-electron chi connectivity index (χ3n) is 2.71. The standard InChI is InChI=1S/C11H14N2O4/c1-11(4-5-11)13-10(16)12-6-7-2-3-8(17-7)9(14)15/h2-3H,4-6H2,1H3,(H,14,15)(H2,12,13,16). The van der Waals surface area contributed by atoms with Gasteiger partial charge in [-0.05, 0) is 31.9 Å². The van der Waals surface area contributed by atoms with Crippen LogP contribution in [-0.2, 0) is 6.54 Å². The van der Waals surface area contributed by atoms with Crippen LogP contribution < -0.4 is 10.6 Å². The zero-order valence-electron chi connectivity index (χ0n) is 9.45. The molecule has 2 rings (SSSR count). The first kappa shape index (κ1) is 11.5. The Morgan fingerprint density at radius 3 is 2.71 bits per heavy atom. The van der Waals surface area contributed by atoms with E-state index >= 15 is 0 Å². The van der Waals surface area contributed by atoms with Crippen molar-refractivity contribution in [2.75, 3.05) is 0 Å². The maximum atomic E-state index is 11.4. The second kappa shape index (κ2) is 4.12. The molecule has 1 aliphatic carbocycles. The van der Waals surface area contributed by atoms with Crippen LogP contribution in [0.5, 0.6) is 0 Å². The summed E-state index contributed by atoms with van der Waals surface area (Å²) >= 11 is 0. The molecule has 1 saturated carbocycles. The molecule has 0 spiro atoms. The third kappa shape index (κ3) is 2.99. The molecule has 6 nitrogen and oxygen atoms in total. The molecule has 1 fully saturated rings. The number of furan rings is 1. The van der Waals surface area contributed by atoms with Crippen molar-refractivity contribution in [3.8, 4) is 0 Å². The number of urea groups is 1. The van der Waals surface area contributed by atoms with Gasteiger partial charge in [0.2, 0.25) is 5.76 Å². The highest BCUT2D eigenvalue weighted by Crippen LogP contribution is 2.33. The molecule has 0 unspecified atom stereocenters. The minimum Gasteiger partial charge on any atom is -0.475 e. The van der Waals surface area contributed by atoms with E-state index in [-0.39, 0.29) is 23.9 Å². The molecule has 0 aromatic carbocycles. The molecule has 1 heterocycles. The quantitative estimate of drug-likeness (QED) is 0.737. The van der Waals surface area contributed by atoms with Gasteiger partial charge in [-0.25, -0.2) is 9.59 Å². The SMILES string of the molecule is CC1(NC(=O)NCc2ccc(C(=O)O)o2)CC1. The molecule has 17 heavy (non-hydrogen) atoms. The monoisotopic (exact) mass is 238 g/mol. The Bertz CT molecular complexity index is 448. The Balaban J connectivity index is 1.80. The molecule has 3 N–H and O–H groups in total. The second-order valence-corrected chi connectivity index (χ2v) is 4.44. The van der Waals surface area contributed by atoms with Gasteiger partial charge < -0.3 is 20.2 Å². The van der Waals surface area contributed by atoms with Crippen LogP contribution in [0, 0.1) is 0 Å². The van der Waals surface area contributed by atoms with Gasteiger partial charge in [-0.3, -0.25) is 0 Å². The number of carboxylic acid groups (broad SMARTS) is 1. The first-order valence-electron chi connectivity index (χ1n) is 5.37. The minimum absolute atomic E-state index is 0.0700. The van der Waals surface area contributed by atoms with E-state index in [4.69, 9.17) is 9.52 Å². The van der Waals surface area contributed by atoms with E-state index in [1.54, 1.807) is 0 Å². The Morgan fingerprint density at radius 2 is 2.18 bits per heavy atom. The number of rotatable bonds is 4. The normalized spacial score (nSPS) is 16.3. The van der Waals surface area contributed by atoms with Crippen LogP contribution in [-0.4, -0.2) is 22.6 Å². The third-order valence-corrected chi connectivity index (χ3v) is 2.71. The number of amides is 2. The summed E-state index contributed by atoms with van der Waals surface area (Å²) in [5.74, 6) is -0.832. The van der Waals surface area contributed by atoms with Crippen molar-refractivity contribution < 1.29 is 19.1 Å². The topological polar surface area (TPSA) is 91.6 Å². The van der Waals surface area contributed by atoms with E-state index < -0.39 is 5.97 Å². The summed E-state index contributed by atoms with van der Waals surface area (Å²) in [5, 5.41) is 14.1. The number of hydrogen-bond acceptors (Lipinski definition) is 3. The molecule has 6 heteroatoms. The summed E-state index contributed by atoms with van der Waals surface area (Å²) < 4.78 is 5.00. The van der Waals surface area contributed by atoms with Gasteiger partial charge in [-0.1, -0.05) is 0 Å². The average molecular weight is 238 g/mol. The zero-order chi connectivity index (χ0) is 12.5. The molecule has 1 aliphatic rings. The molecule has 0 aliphatic heterocycles. The number of hydrogen-bond donors (Lipinski definition) is 3. The van der Waals surface area contributed by atoms with Gasteiger partial charge >= 0.3 is 12.0 Å². The van der Waals surface area contributed by atoms with Crippen LogP contribution in [0.1, 0.15) is 36.1 Å². The van der Waals surface area contributed by atoms with Gasteiger partial charge in [0.25, 0.3) is 0 Å². The summed E-state index contributed by atoms with van der Waals surface area (Å²) in [6, 6.07) is 2.63. The highest BCUT2D eigenvalue weighted by atomic mass is 16.4. The van der Waals surface area contributed by atoms with Crippen molar-refractivity contribution in [1.82, 2.24) is 10.6 Å². The number of carbonyl (C=O) groups is 2. The van der Waals surface area contributed by atoms with Gasteiger partial charge in [-0.2, -0.15) is 0 Å². The van der Waals surface area contributed by atoms with Crippen molar-refractivity contribution in [2.45, 2.75) is 31.8 Å². The summed E-state index contributed by atoms with van der Waals surface area (Å²) in [6.45, 7) is 2.15. The predicted octanol–water partition coefficient (Wildman–Crippen LogP) is 1.33. The molecule has 0 radical (unpaired) electrons. The fraction of sp³-hybridized carbons (Fsp3) is 0.455. The Labute approximate surface area is 98.0 Å². The lowest BCUT2D eigenvalue weighted by molar-refractivity contribution is 0.0660. The van der Waals surface area contributed by atoms with Crippen LogP contribution in [0.25, 0.3) is 0 Å². The molecule has 92 valence electrons. The minimum atomic E-state index is -1.12. The smallest absolute Gasteiger partial charge is 0.371 e. The molecule has 2 amide bonds. The second-order valence-electron chi connectivity index (χ2n) is 4.44. The highest BCUT2D eigenvalue weighted by molar-refractivity contribution is 5.84. The fourth-order valence-electron chi connectivity index (χ4n) is 1.39. The Hall–Kier alpha value is -1.98. The lowest BCUT2D eigenvalue weighted by Crippen LogP contribution is -2.41. The van der Waals surface area contributed by atoms with Gasteiger partial charge in [0.15, 0.2) is 0 Å². The lowest BCUT2D eigenvalue weighted by atomic mass is 10.3. The van der Waals surface area contributed by atoms with Crippen molar-refractivity contribution in [3.63, 3.8) is 0 Å². The van der Waals surface area contributed by atoms with Crippen molar-refractivity contribution in [3.05, 3.63) is 23.7 Å². The Kier molecular flexibility index (Phi) is 2.79. The van der Waals surface area contributed by atoms with Crippen LogP contribution in [0.4, 0.5) is 4.79 Å². The molecule has 0 bridgehead atoms. The van der Waals surface area contributed by atoms with Gasteiger partial charge in [0.05, 0.1) is 6.54 Å². The van der Waals surface area contributed by atoms with Crippen molar-refractivity contribution >= 4 is 12.0 Å². The molecular weight excluding hydrogens is 224 g/mol. The molecule has 0 atom stereocenters. The molecule has 1 aromatic rings. The summed E-state index contributed by atoms with van der Waals surface area (Å²) in [5.41, 5.74) is -0.0700. The fourth-order valence-corrected chi connectivity index (χ4v) is 1.39. The van der Waals surface area contributed by atoms with Crippen LogP contribution in [0.2, 0.25) is 0 Å². The first-order valence-corrected chi connectivity index (χ1v) is 5.37.